The first kappa shape index (κ1) is 14.3. The Labute approximate surface area is 113 Å². The summed E-state index contributed by atoms with van der Waals surface area (Å²) in [7, 11) is 1.69. The molecule has 106 valence electrons. The van der Waals surface area contributed by atoms with Crippen molar-refractivity contribution in [3.8, 4) is 0 Å². The predicted octanol–water partition coefficient (Wildman–Crippen LogP) is 0.609. The molecule has 1 N–H and O–H groups in total. The van der Waals surface area contributed by atoms with Crippen molar-refractivity contribution in [2.75, 3.05) is 40.1 Å². The number of ether oxygens (including phenoxy) is 3. The normalized spacial score (nSPS) is 19.6. The lowest BCUT2D eigenvalue weighted by atomic mass is 10.2. The summed E-state index contributed by atoms with van der Waals surface area (Å²) < 4.78 is 16.0. The summed E-state index contributed by atoms with van der Waals surface area (Å²) in [6.45, 7) is 5.94. The average Bonchev–Trinajstić information content (AvgIpc) is 2.44. The molecule has 0 aromatic carbocycles. The molecule has 1 fully saturated rings. The Bertz CT molecular complexity index is 395. The number of hydrogen-bond donors (Lipinski definition) is 1. The zero-order valence-corrected chi connectivity index (χ0v) is 11.5. The number of nitrogens with zero attached hydrogens (tertiary/aromatic N) is 2. The van der Waals surface area contributed by atoms with E-state index in [0.29, 0.717) is 38.8 Å². The molecule has 2 rings (SSSR count). The fourth-order valence-electron chi connectivity index (χ4n) is 1.92. The number of nitrogens with one attached hydrogen (secondary N) is 1. The van der Waals surface area contributed by atoms with Crippen molar-refractivity contribution in [2.24, 2.45) is 0 Å². The molecular weight excluding hydrogens is 246 g/mol. The van der Waals surface area contributed by atoms with Crippen LogP contribution < -0.4 is 5.32 Å². The third-order valence-electron chi connectivity index (χ3n) is 2.82. The molecule has 0 saturated carbocycles. The van der Waals surface area contributed by atoms with Gasteiger partial charge in [0.2, 0.25) is 0 Å². The maximum atomic E-state index is 5.63. The third-order valence-corrected chi connectivity index (χ3v) is 2.82. The number of methoxy groups -OCH3 is 1. The molecule has 1 aromatic rings. The smallest absolute Gasteiger partial charge is 0.160 e. The largest absolute Gasteiger partial charge is 0.383 e. The predicted molar refractivity (Wildman–Crippen MR) is 69.9 cm³/mol. The van der Waals surface area contributed by atoms with Crippen LogP contribution in [-0.4, -0.2) is 50.1 Å². The highest BCUT2D eigenvalue weighted by Gasteiger charge is 2.20. The summed E-state index contributed by atoms with van der Waals surface area (Å²) in [6.07, 6.45) is -0.147. The summed E-state index contributed by atoms with van der Waals surface area (Å²) in [6, 6.07) is 1.98. The van der Waals surface area contributed by atoms with E-state index in [0.717, 1.165) is 17.9 Å². The molecule has 1 saturated heterocycles. The van der Waals surface area contributed by atoms with E-state index in [4.69, 9.17) is 14.2 Å². The molecule has 0 spiro atoms. The van der Waals surface area contributed by atoms with Gasteiger partial charge >= 0.3 is 0 Å². The first-order chi connectivity index (χ1) is 9.29. The zero-order chi connectivity index (χ0) is 13.5. The Balaban J connectivity index is 1.97. The SMILES string of the molecule is COCCNCc1cc(C)nc(C2COCCO2)n1. The van der Waals surface area contributed by atoms with Crippen molar-refractivity contribution < 1.29 is 14.2 Å². The van der Waals surface area contributed by atoms with Gasteiger partial charge in [-0.1, -0.05) is 0 Å². The van der Waals surface area contributed by atoms with Crippen LogP contribution in [0.5, 0.6) is 0 Å². The summed E-state index contributed by atoms with van der Waals surface area (Å²) in [4.78, 5) is 8.97. The quantitative estimate of drug-likeness (QED) is 0.762. The van der Waals surface area contributed by atoms with Gasteiger partial charge in [0, 0.05) is 25.9 Å². The van der Waals surface area contributed by atoms with Crippen LogP contribution >= 0.6 is 0 Å². The first-order valence-electron chi connectivity index (χ1n) is 6.53. The van der Waals surface area contributed by atoms with Crippen LogP contribution in [-0.2, 0) is 20.8 Å². The molecule has 0 aliphatic carbocycles. The second-order valence-electron chi connectivity index (χ2n) is 4.46. The van der Waals surface area contributed by atoms with Gasteiger partial charge in [0.05, 0.1) is 32.1 Å². The van der Waals surface area contributed by atoms with E-state index in [-0.39, 0.29) is 6.10 Å². The van der Waals surface area contributed by atoms with Gasteiger partial charge in [-0.05, 0) is 13.0 Å². The first-order valence-corrected chi connectivity index (χ1v) is 6.53. The molecule has 0 bridgehead atoms. The molecule has 1 aliphatic rings. The average molecular weight is 267 g/mol. The highest BCUT2D eigenvalue weighted by Crippen LogP contribution is 2.17. The lowest BCUT2D eigenvalue weighted by molar-refractivity contribution is -0.0936. The molecule has 1 aromatic heterocycles. The third kappa shape index (κ3) is 4.50. The number of aryl methyl sites for hydroxylation is 1. The van der Waals surface area contributed by atoms with E-state index < -0.39 is 0 Å². The highest BCUT2D eigenvalue weighted by molar-refractivity contribution is 5.11. The van der Waals surface area contributed by atoms with Gasteiger partial charge in [-0.25, -0.2) is 9.97 Å². The Morgan fingerprint density at radius 3 is 3.05 bits per heavy atom. The van der Waals surface area contributed by atoms with Crippen LogP contribution in [0.3, 0.4) is 0 Å². The Morgan fingerprint density at radius 1 is 1.42 bits per heavy atom. The van der Waals surface area contributed by atoms with Crippen LogP contribution in [0.15, 0.2) is 6.07 Å². The van der Waals surface area contributed by atoms with Gasteiger partial charge in [-0.15, -0.1) is 0 Å². The Hall–Kier alpha value is -1.08. The summed E-state index contributed by atoms with van der Waals surface area (Å²) >= 11 is 0. The fourth-order valence-corrected chi connectivity index (χ4v) is 1.92. The maximum absolute atomic E-state index is 5.63. The molecule has 1 atom stereocenters. The topological polar surface area (TPSA) is 65.5 Å². The molecule has 6 heteroatoms. The molecule has 6 nitrogen and oxygen atoms in total. The molecule has 1 unspecified atom stereocenters. The van der Waals surface area contributed by atoms with Gasteiger partial charge in [-0.2, -0.15) is 0 Å². The fraction of sp³-hybridized carbons (Fsp3) is 0.692. The minimum absolute atomic E-state index is 0.147. The molecule has 0 radical (unpaired) electrons. The standard InChI is InChI=1S/C13H21N3O3/c1-10-7-11(8-14-3-4-17-2)16-13(15-10)12-9-18-5-6-19-12/h7,12,14H,3-6,8-9H2,1-2H3. The second-order valence-corrected chi connectivity index (χ2v) is 4.46. The summed E-state index contributed by atoms with van der Waals surface area (Å²) in [5.41, 5.74) is 1.91. The van der Waals surface area contributed by atoms with E-state index in [1.165, 1.54) is 0 Å². The molecule has 2 heterocycles. The number of rotatable bonds is 6. The van der Waals surface area contributed by atoms with Gasteiger partial charge in [0.15, 0.2) is 5.82 Å². The van der Waals surface area contributed by atoms with Crippen LogP contribution in [0.4, 0.5) is 0 Å². The van der Waals surface area contributed by atoms with Crippen LogP contribution in [0.25, 0.3) is 0 Å². The summed E-state index contributed by atoms with van der Waals surface area (Å²) in [5.74, 6) is 0.711. The van der Waals surface area contributed by atoms with Gasteiger partial charge in [0.1, 0.15) is 6.10 Å². The Kier molecular flexibility index (Phi) is 5.65. The van der Waals surface area contributed by atoms with Crippen molar-refractivity contribution in [2.45, 2.75) is 19.6 Å². The second kappa shape index (κ2) is 7.49. The van der Waals surface area contributed by atoms with E-state index in [2.05, 4.69) is 15.3 Å². The molecule has 19 heavy (non-hydrogen) atoms. The van der Waals surface area contributed by atoms with Gasteiger partial charge in [-0.3, -0.25) is 0 Å². The van der Waals surface area contributed by atoms with Crippen LogP contribution in [0, 0.1) is 6.92 Å². The minimum Gasteiger partial charge on any atom is -0.383 e. The zero-order valence-electron chi connectivity index (χ0n) is 11.5. The van der Waals surface area contributed by atoms with Crippen molar-refractivity contribution in [3.63, 3.8) is 0 Å². The monoisotopic (exact) mass is 267 g/mol. The van der Waals surface area contributed by atoms with E-state index in [9.17, 15) is 0 Å². The van der Waals surface area contributed by atoms with Crippen LogP contribution in [0.1, 0.15) is 23.3 Å². The van der Waals surface area contributed by atoms with E-state index in [1.807, 2.05) is 13.0 Å². The Morgan fingerprint density at radius 2 is 2.32 bits per heavy atom. The summed E-state index contributed by atoms with van der Waals surface area (Å²) in [5, 5.41) is 3.27. The van der Waals surface area contributed by atoms with Crippen LogP contribution in [0.2, 0.25) is 0 Å². The van der Waals surface area contributed by atoms with Crippen molar-refractivity contribution in [3.05, 3.63) is 23.3 Å². The van der Waals surface area contributed by atoms with E-state index >= 15 is 0 Å². The van der Waals surface area contributed by atoms with Crippen molar-refractivity contribution in [1.29, 1.82) is 0 Å². The lowest BCUT2D eigenvalue weighted by Gasteiger charge is -2.22. The molecular formula is C13H21N3O3. The lowest BCUT2D eigenvalue weighted by Crippen LogP contribution is -2.25. The number of aromatic nitrogens is 2. The highest BCUT2D eigenvalue weighted by atomic mass is 16.6. The van der Waals surface area contributed by atoms with Gasteiger partial charge < -0.3 is 19.5 Å². The molecule has 1 aliphatic heterocycles. The minimum atomic E-state index is -0.147. The maximum Gasteiger partial charge on any atom is 0.160 e. The number of hydrogen-bond acceptors (Lipinski definition) is 6. The van der Waals surface area contributed by atoms with Crippen molar-refractivity contribution in [1.82, 2.24) is 15.3 Å². The van der Waals surface area contributed by atoms with E-state index in [1.54, 1.807) is 7.11 Å². The molecule has 0 amide bonds. The van der Waals surface area contributed by atoms with Crippen molar-refractivity contribution >= 4 is 0 Å². The van der Waals surface area contributed by atoms with Gasteiger partial charge in [0.25, 0.3) is 0 Å².